The lowest BCUT2D eigenvalue weighted by atomic mass is 9.92. The number of hydrogen-bond donors (Lipinski definition) is 2. The van der Waals surface area contributed by atoms with Gasteiger partial charge in [0.25, 0.3) is 0 Å². The maximum absolute atomic E-state index is 12.6. The topological polar surface area (TPSA) is 55.1 Å². The Morgan fingerprint density at radius 1 is 1.32 bits per heavy atom. The summed E-state index contributed by atoms with van der Waals surface area (Å²) in [7, 11) is 0. The van der Waals surface area contributed by atoms with E-state index < -0.39 is 23.1 Å². The maximum atomic E-state index is 12.6. The van der Waals surface area contributed by atoms with Gasteiger partial charge in [-0.05, 0) is 38.5 Å². The van der Waals surface area contributed by atoms with Crippen LogP contribution in [0.2, 0.25) is 0 Å². The lowest BCUT2D eigenvalue weighted by Gasteiger charge is -2.22. The summed E-state index contributed by atoms with van der Waals surface area (Å²) >= 11 is 0. The minimum Gasteiger partial charge on any atom is -0.329 e. The highest BCUT2D eigenvalue weighted by atomic mass is 19.4. The van der Waals surface area contributed by atoms with Gasteiger partial charge in [-0.3, -0.25) is 4.79 Å². The fourth-order valence-electron chi connectivity index (χ4n) is 1.32. The van der Waals surface area contributed by atoms with E-state index in [0.29, 0.717) is 5.56 Å². The number of nitrogens with one attached hydrogen (secondary N) is 1. The molecule has 3 nitrogen and oxygen atoms in total. The molecule has 19 heavy (non-hydrogen) atoms. The molecule has 1 aromatic rings. The van der Waals surface area contributed by atoms with Gasteiger partial charge in [-0.2, -0.15) is 13.2 Å². The van der Waals surface area contributed by atoms with Gasteiger partial charge in [0.15, 0.2) is 0 Å². The van der Waals surface area contributed by atoms with Crippen LogP contribution < -0.4 is 11.1 Å². The lowest BCUT2D eigenvalue weighted by Crippen LogP contribution is -2.37. The number of benzene rings is 1. The van der Waals surface area contributed by atoms with Crippen molar-refractivity contribution in [2.24, 2.45) is 11.1 Å². The number of halogens is 3. The molecule has 0 bridgehead atoms. The van der Waals surface area contributed by atoms with Crippen molar-refractivity contribution in [3.8, 4) is 0 Å². The van der Waals surface area contributed by atoms with E-state index in [2.05, 4.69) is 5.32 Å². The third kappa shape index (κ3) is 3.70. The number of carbonyl (C=O) groups excluding carboxylic acids is 1. The van der Waals surface area contributed by atoms with Crippen molar-refractivity contribution in [3.05, 3.63) is 29.3 Å². The summed E-state index contributed by atoms with van der Waals surface area (Å²) in [4.78, 5) is 11.9. The molecule has 0 fully saturated rings. The SMILES string of the molecule is Cc1ccc(C(F)(F)F)cc1NC(=O)C(C)(C)CN. The zero-order chi connectivity index (χ0) is 14.8. The van der Waals surface area contributed by atoms with Crippen molar-refractivity contribution in [1.82, 2.24) is 0 Å². The van der Waals surface area contributed by atoms with Crippen molar-refractivity contribution in [2.45, 2.75) is 26.9 Å². The Kier molecular flexibility index (Phi) is 4.25. The van der Waals surface area contributed by atoms with Crippen LogP contribution in [0.5, 0.6) is 0 Å². The van der Waals surface area contributed by atoms with Crippen molar-refractivity contribution in [2.75, 3.05) is 11.9 Å². The molecule has 106 valence electrons. The fourth-order valence-corrected chi connectivity index (χ4v) is 1.32. The van der Waals surface area contributed by atoms with Crippen molar-refractivity contribution in [1.29, 1.82) is 0 Å². The van der Waals surface area contributed by atoms with Gasteiger partial charge in [-0.15, -0.1) is 0 Å². The molecule has 1 aromatic carbocycles. The number of alkyl halides is 3. The van der Waals surface area contributed by atoms with E-state index in [0.717, 1.165) is 12.1 Å². The van der Waals surface area contributed by atoms with Crippen LogP contribution in [0.25, 0.3) is 0 Å². The minimum atomic E-state index is -4.43. The first kappa shape index (κ1) is 15.5. The summed E-state index contributed by atoms with van der Waals surface area (Å²) < 4.78 is 37.8. The molecule has 0 atom stereocenters. The van der Waals surface area contributed by atoms with Crippen LogP contribution in [0.15, 0.2) is 18.2 Å². The van der Waals surface area contributed by atoms with Gasteiger partial charge in [0.2, 0.25) is 5.91 Å². The maximum Gasteiger partial charge on any atom is 0.416 e. The molecule has 0 spiro atoms. The molecule has 1 rings (SSSR count). The van der Waals surface area contributed by atoms with Crippen molar-refractivity contribution in [3.63, 3.8) is 0 Å². The summed E-state index contributed by atoms with van der Waals surface area (Å²) in [6.45, 7) is 5.00. The summed E-state index contributed by atoms with van der Waals surface area (Å²) in [5.74, 6) is -0.405. The van der Waals surface area contributed by atoms with Gasteiger partial charge < -0.3 is 11.1 Å². The van der Waals surface area contributed by atoms with Crippen LogP contribution in [0.4, 0.5) is 18.9 Å². The van der Waals surface area contributed by atoms with E-state index in [9.17, 15) is 18.0 Å². The molecule has 1 amide bonds. The molecule has 0 aromatic heterocycles. The van der Waals surface area contributed by atoms with Crippen LogP contribution in [-0.4, -0.2) is 12.5 Å². The lowest BCUT2D eigenvalue weighted by molar-refractivity contribution is -0.137. The second-order valence-electron chi connectivity index (χ2n) is 5.07. The smallest absolute Gasteiger partial charge is 0.329 e. The molecular formula is C13H17F3N2O. The first-order valence-electron chi connectivity index (χ1n) is 5.77. The molecular weight excluding hydrogens is 257 g/mol. The Labute approximate surface area is 110 Å². The second-order valence-corrected chi connectivity index (χ2v) is 5.07. The molecule has 3 N–H and O–H groups in total. The fraction of sp³-hybridized carbons (Fsp3) is 0.462. The summed E-state index contributed by atoms with van der Waals surface area (Å²) in [6.07, 6.45) is -4.43. The number of carbonyl (C=O) groups is 1. The zero-order valence-electron chi connectivity index (χ0n) is 11.1. The summed E-state index contributed by atoms with van der Waals surface area (Å²) in [5.41, 5.74) is 4.55. The van der Waals surface area contributed by atoms with Crippen LogP contribution in [0, 0.1) is 12.3 Å². The van der Waals surface area contributed by atoms with Crippen LogP contribution >= 0.6 is 0 Å². The van der Waals surface area contributed by atoms with E-state index in [1.54, 1.807) is 20.8 Å². The largest absolute Gasteiger partial charge is 0.416 e. The predicted molar refractivity (Wildman–Crippen MR) is 67.6 cm³/mol. The molecule has 0 saturated carbocycles. The highest BCUT2D eigenvalue weighted by Gasteiger charge is 2.32. The molecule has 6 heteroatoms. The Morgan fingerprint density at radius 3 is 2.37 bits per heavy atom. The number of anilines is 1. The van der Waals surface area contributed by atoms with Gasteiger partial charge in [-0.1, -0.05) is 6.07 Å². The minimum absolute atomic E-state index is 0.108. The molecule has 0 saturated heterocycles. The molecule has 0 aliphatic rings. The number of aryl methyl sites for hydroxylation is 1. The van der Waals surface area contributed by atoms with Gasteiger partial charge in [0.05, 0.1) is 11.0 Å². The number of amides is 1. The summed E-state index contributed by atoms with van der Waals surface area (Å²) in [5, 5.41) is 2.49. The zero-order valence-corrected chi connectivity index (χ0v) is 11.1. The third-order valence-electron chi connectivity index (χ3n) is 2.94. The quantitative estimate of drug-likeness (QED) is 0.890. The van der Waals surface area contributed by atoms with Gasteiger partial charge in [0.1, 0.15) is 0 Å². The Hall–Kier alpha value is -1.56. The highest BCUT2D eigenvalue weighted by Crippen LogP contribution is 2.32. The second kappa shape index (κ2) is 5.21. The highest BCUT2D eigenvalue weighted by molar-refractivity contribution is 5.95. The van der Waals surface area contributed by atoms with Crippen LogP contribution in [-0.2, 0) is 11.0 Å². The third-order valence-corrected chi connectivity index (χ3v) is 2.94. The first-order chi connectivity index (χ1) is 8.58. The van der Waals surface area contributed by atoms with Crippen LogP contribution in [0.3, 0.4) is 0 Å². The van der Waals surface area contributed by atoms with E-state index in [1.807, 2.05) is 0 Å². The molecule has 0 heterocycles. The Bertz CT molecular complexity index is 481. The average molecular weight is 274 g/mol. The number of rotatable bonds is 3. The van der Waals surface area contributed by atoms with Gasteiger partial charge >= 0.3 is 6.18 Å². The standard InChI is InChI=1S/C13H17F3N2O/c1-8-4-5-9(13(14,15)16)6-10(8)18-11(19)12(2,3)7-17/h4-6H,7,17H2,1-3H3,(H,18,19). The molecule has 0 radical (unpaired) electrons. The van der Waals surface area contributed by atoms with Crippen molar-refractivity contribution < 1.29 is 18.0 Å². The monoisotopic (exact) mass is 274 g/mol. The average Bonchev–Trinajstić information content (AvgIpc) is 2.30. The van der Waals surface area contributed by atoms with E-state index in [1.165, 1.54) is 6.07 Å². The van der Waals surface area contributed by atoms with Crippen LogP contribution in [0.1, 0.15) is 25.0 Å². The summed E-state index contributed by atoms with van der Waals surface area (Å²) in [6, 6.07) is 3.24. The van der Waals surface area contributed by atoms with E-state index in [-0.39, 0.29) is 12.2 Å². The predicted octanol–water partition coefficient (Wildman–Crippen LogP) is 2.94. The normalized spacial score (nSPS) is 12.4. The first-order valence-corrected chi connectivity index (χ1v) is 5.77. The number of hydrogen-bond acceptors (Lipinski definition) is 2. The van der Waals surface area contributed by atoms with Crippen molar-refractivity contribution >= 4 is 11.6 Å². The van der Waals surface area contributed by atoms with E-state index >= 15 is 0 Å². The molecule has 0 aliphatic carbocycles. The van der Waals surface area contributed by atoms with E-state index in [4.69, 9.17) is 5.73 Å². The number of nitrogens with two attached hydrogens (primary N) is 1. The molecule has 0 aliphatic heterocycles. The Balaban J connectivity index is 3.05. The van der Waals surface area contributed by atoms with Gasteiger partial charge in [0, 0.05) is 12.2 Å². The van der Waals surface area contributed by atoms with Gasteiger partial charge in [-0.25, -0.2) is 0 Å². The molecule has 0 unspecified atom stereocenters. The Morgan fingerprint density at radius 2 is 1.89 bits per heavy atom.